The number of benzene rings is 1. The van der Waals surface area contributed by atoms with E-state index in [4.69, 9.17) is 4.98 Å². The van der Waals surface area contributed by atoms with Crippen molar-refractivity contribution in [3.63, 3.8) is 0 Å². The van der Waals surface area contributed by atoms with Crippen LogP contribution in [-0.4, -0.2) is 44.5 Å². The first-order chi connectivity index (χ1) is 13.7. The number of sulfonamides is 1. The van der Waals surface area contributed by atoms with Gasteiger partial charge in [-0.05, 0) is 25.0 Å². The molecule has 29 heavy (non-hydrogen) atoms. The number of hydrogen-bond donors (Lipinski definition) is 0. The summed E-state index contributed by atoms with van der Waals surface area (Å²) >= 11 is 0. The summed E-state index contributed by atoms with van der Waals surface area (Å²) in [6.45, 7) is 0.570. The second kappa shape index (κ2) is 6.96. The van der Waals surface area contributed by atoms with Crippen LogP contribution < -0.4 is 11.2 Å². The van der Waals surface area contributed by atoms with E-state index in [1.165, 1.54) is 18.4 Å². The van der Waals surface area contributed by atoms with E-state index < -0.39 is 21.3 Å². The fraction of sp³-hybridized carbons (Fsp3) is 0.421. The van der Waals surface area contributed by atoms with Gasteiger partial charge >= 0.3 is 5.69 Å². The molecule has 1 aliphatic rings. The first kappa shape index (κ1) is 19.6. The van der Waals surface area contributed by atoms with Crippen LogP contribution in [-0.2, 0) is 31.2 Å². The number of rotatable bonds is 3. The Morgan fingerprint density at radius 2 is 1.79 bits per heavy atom. The Labute approximate surface area is 167 Å². The van der Waals surface area contributed by atoms with E-state index in [1.807, 2.05) is 35.9 Å². The Morgan fingerprint density at radius 1 is 1.07 bits per heavy atom. The maximum atomic E-state index is 13.2. The van der Waals surface area contributed by atoms with E-state index in [1.54, 1.807) is 0 Å². The Kier molecular flexibility index (Phi) is 4.70. The summed E-state index contributed by atoms with van der Waals surface area (Å²) < 4.78 is 31.7. The highest BCUT2D eigenvalue weighted by Crippen LogP contribution is 2.30. The Bertz CT molecular complexity index is 1320. The van der Waals surface area contributed by atoms with Crippen LogP contribution in [0.25, 0.3) is 11.0 Å². The quantitative estimate of drug-likeness (QED) is 0.619. The lowest BCUT2D eigenvalue weighted by molar-refractivity contribution is 0.306. The first-order valence-electron chi connectivity index (χ1n) is 9.40. The molecule has 0 spiro atoms. The van der Waals surface area contributed by atoms with E-state index in [0.717, 1.165) is 38.6 Å². The van der Waals surface area contributed by atoms with Crippen molar-refractivity contribution < 1.29 is 8.42 Å². The van der Waals surface area contributed by atoms with E-state index in [2.05, 4.69) is 0 Å². The number of fused-ring (bicyclic) bond motifs is 1. The molecule has 3 aromatic rings. The molecule has 1 saturated heterocycles. The molecule has 0 aliphatic carbocycles. The Hall–Kier alpha value is -2.72. The van der Waals surface area contributed by atoms with Gasteiger partial charge in [-0.1, -0.05) is 12.1 Å². The zero-order chi connectivity index (χ0) is 20.9. The van der Waals surface area contributed by atoms with Gasteiger partial charge in [0.2, 0.25) is 10.0 Å². The molecule has 0 N–H and O–H groups in total. The Morgan fingerprint density at radius 3 is 2.52 bits per heavy atom. The summed E-state index contributed by atoms with van der Waals surface area (Å²) in [4.78, 5) is 28.7. The second-order valence-corrected chi connectivity index (χ2v) is 9.38. The summed E-state index contributed by atoms with van der Waals surface area (Å²) in [5, 5.41) is 0. The smallest absolute Gasteiger partial charge is 0.330 e. The van der Waals surface area contributed by atoms with Gasteiger partial charge in [0, 0.05) is 46.3 Å². The van der Waals surface area contributed by atoms with Crippen molar-refractivity contribution >= 4 is 21.1 Å². The molecule has 0 radical (unpaired) electrons. The van der Waals surface area contributed by atoms with E-state index in [-0.39, 0.29) is 17.4 Å². The molecule has 2 aromatic heterocycles. The standard InChI is InChI=1S/C19H23N5O4S/c1-21-12-16(18(25)23(3)19(21)26)29(27,28)24-10-6-7-13(11-24)17-20-14-8-4-5-9-15(14)22(17)2/h4-5,8-9,12-13H,6-7,10-11H2,1-3H3/t13-/m0/s1. The fourth-order valence-electron chi connectivity index (χ4n) is 3.99. The van der Waals surface area contributed by atoms with Gasteiger partial charge in [-0.15, -0.1) is 0 Å². The number of hydrogen-bond acceptors (Lipinski definition) is 5. The van der Waals surface area contributed by atoms with Crippen LogP contribution in [0.2, 0.25) is 0 Å². The fourth-order valence-corrected chi connectivity index (χ4v) is 5.66. The maximum absolute atomic E-state index is 13.2. The number of para-hydroxylation sites is 2. The average molecular weight is 417 g/mol. The SMILES string of the molecule is Cn1cc(S(=O)(=O)N2CCC[C@H](c3nc4ccccc4n3C)C2)c(=O)n(C)c1=O. The number of imidazole rings is 1. The number of aromatic nitrogens is 4. The van der Waals surface area contributed by atoms with Crippen molar-refractivity contribution in [2.45, 2.75) is 23.7 Å². The van der Waals surface area contributed by atoms with Crippen molar-refractivity contribution in [2.24, 2.45) is 21.1 Å². The van der Waals surface area contributed by atoms with Crippen molar-refractivity contribution in [1.82, 2.24) is 23.0 Å². The van der Waals surface area contributed by atoms with Crippen molar-refractivity contribution in [3.05, 3.63) is 57.1 Å². The molecule has 3 heterocycles. The van der Waals surface area contributed by atoms with Crippen molar-refractivity contribution in [3.8, 4) is 0 Å². The minimum Gasteiger partial charge on any atom is -0.331 e. The summed E-state index contributed by atoms with van der Waals surface area (Å²) in [7, 11) is 0.606. The van der Waals surface area contributed by atoms with Crippen LogP contribution >= 0.6 is 0 Å². The van der Waals surface area contributed by atoms with Gasteiger partial charge in [0.15, 0.2) is 4.90 Å². The first-order valence-corrected chi connectivity index (χ1v) is 10.8. The van der Waals surface area contributed by atoms with Crippen LogP contribution in [0.5, 0.6) is 0 Å². The normalized spacial score (nSPS) is 18.4. The summed E-state index contributed by atoms with van der Waals surface area (Å²) in [5.74, 6) is 0.756. The molecule has 1 atom stereocenters. The highest BCUT2D eigenvalue weighted by atomic mass is 32.2. The lowest BCUT2D eigenvalue weighted by Crippen LogP contribution is -2.45. The van der Waals surface area contributed by atoms with Gasteiger partial charge in [-0.2, -0.15) is 4.31 Å². The zero-order valence-corrected chi connectivity index (χ0v) is 17.4. The molecule has 0 bridgehead atoms. The highest BCUT2D eigenvalue weighted by Gasteiger charge is 2.35. The number of nitrogens with zero attached hydrogens (tertiary/aromatic N) is 5. The second-order valence-electron chi connectivity index (χ2n) is 7.47. The molecule has 154 valence electrons. The maximum Gasteiger partial charge on any atom is 0.330 e. The van der Waals surface area contributed by atoms with E-state index in [9.17, 15) is 18.0 Å². The van der Waals surface area contributed by atoms with Crippen LogP contribution in [0.3, 0.4) is 0 Å². The van der Waals surface area contributed by atoms with Crippen molar-refractivity contribution in [2.75, 3.05) is 13.1 Å². The van der Waals surface area contributed by atoms with Gasteiger partial charge in [-0.3, -0.25) is 9.36 Å². The van der Waals surface area contributed by atoms with E-state index in [0.29, 0.717) is 13.0 Å². The summed E-state index contributed by atoms with van der Waals surface area (Å²) in [6.07, 6.45) is 2.59. The third-order valence-electron chi connectivity index (χ3n) is 5.60. The topological polar surface area (TPSA) is 99.2 Å². The molecule has 1 fully saturated rings. The molecule has 10 heteroatoms. The third kappa shape index (κ3) is 3.12. The molecule has 1 aliphatic heterocycles. The average Bonchev–Trinajstić information content (AvgIpc) is 3.06. The summed E-state index contributed by atoms with van der Waals surface area (Å²) in [6, 6.07) is 7.79. The van der Waals surface area contributed by atoms with Crippen LogP contribution in [0.15, 0.2) is 44.9 Å². The molecule has 1 aromatic carbocycles. The number of aryl methyl sites for hydroxylation is 2. The molecule has 0 unspecified atom stereocenters. The van der Waals surface area contributed by atoms with Gasteiger partial charge in [-0.25, -0.2) is 18.2 Å². The monoisotopic (exact) mass is 417 g/mol. The third-order valence-corrected chi connectivity index (χ3v) is 7.45. The lowest BCUT2D eigenvalue weighted by Gasteiger charge is -2.31. The van der Waals surface area contributed by atoms with Gasteiger partial charge < -0.3 is 9.13 Å². The molecule has 0 amide bonds. The minimum atomic E-state index is -4.04. The van der Waals surface area contributed by atoms with Crippen LogP contribution in [0, 0.1) is 0 Å². The van der Waals surface area contributed by atoms with E-state index >= 15 is 0 Å². The molecule has 9 nitrogen and oxygen atoms in total. The van der Waals surface area contributed by atoms with Gasteiger partial charge in [0.1, 0.15) is 5.82 Å². The van der Waals surface area contributed by atoms with Crippen molar-refractivity contribution in [1.29, 1.82) is 0 Å². The lowest BCUT2D eigenvalue weighted by atomic mass is 9.99. The van der Waals surface area contributed by atoms with Gasteiger partial charge in [0.05, 0.1) is 11.0 Å². The molecule has 0 saturated carbocycles. The highest BCUT2D eigenvalue weighted by molar-refractivity contribution is 7.89. The summed E-state index contributed by atoms with van der Waals surface area (Å²) in [5.41, 5.74) is 0.495. The molecule has 4 rings (SSSR count). The van der Waals surface area contributed by atoms with Crippen LogP contribution in [0.1, 0.15) is 24.6 Å². The molecular formula is C19H23N5O4S. The Balaban J connectivity index is 1.72. The predicted molar refractivity (Wildman–Crippen MR) is 108 cm³/mol. The zero-order valence-electron chi connectivity index (χ0n) is 16.6. The van der Waals surface area contributed by atoms with Gasteiger partial charge in [0.25, 0.3) is 5.56 Å². The number of piperidine rings is 1. The molecular weight excluding hydrogens is 394 g/mol. The minimum absolute atomic E-state index is 0.0766. The predicted octanol–water partition coefficient (Wildman–Crippen LogP) is 0.539. The largest absolute Gasteiger partial charge is 0.331 e. The van der Waals surface area contributed by atoms with Crippen LogP contribution in [0.4, 0.5) is 0 Å².